The molecule has 1 aliphatic rings. The number of benzene rings is 1. The van der Waals surface area contributed by atoms with Crippen molar-refractivity contribution in [1.82, 2.24) is 4.90 Å². The van der Waals surface area contributed by atoms with E-state index in [2.05, 4.69) is 6.58 Å². The number of rotatable bonds is 8. The van der Waals surface area contributed by atoms with Gasteiger partial charge in [-0.15, -0.1) is 17.9 Å². The molecule has 2 aromatic rings. The van der Waals surface area contributed by atoms with Crippen LogP contribution >= 0.6 is 11.3 Å². The highest BCUT2D eigenvalue weighted by atomic mass is 32.1. The zero-order valence-electron chi connectivity index (χ0n) is 14.6. The fraction of sp³-hybridized carbons (Fsp3) is 0.300. The first-order valence-electron chi connectivity index (χ1n) is 8.61. The first kappa shape index (κ1) is 18.2. The molecule has 26 heavy (non-hydrogen) atoms. The van der Waals surface area contributed by atoms with Gasteiger partial charge >= 0.3 is 0 Å². The molecule has 0 N–H and O–H groups in total. The van der Waals surface area contributed by atoms with Gasteiger partial charge in [0.2, 0.25) is 5.91 Å². The van der Waals surface area contributed by atoms with E-state index in [4.69, 9.17) is 4.74 Å². The molecular formula is C20H22N2O3S. The van der Waals surface area contributed by atoms with E-state index < -0.39 is 0 Å². The predicted octanol–water partition coefficient (Wildman–Crippen LogP) is 3.47. The number of thiophene rings is 1. The lowest BCUT2D eigenvalue weighted by Crippen LogP contribution is -2.34. The van der Waals surface area contributed by atoms with Gasteiger partial charge in [-0.25, -0.2) is 0 Å². The van der Waals surface area contributed by atoms with Crippen molar-refractivity contribution in [1.29, 1.82) is 0 Å². The molecule has 136 valence electrons. The molecule has 1 aliphatic heterocycles. The molecule has 1 aromatic heterocycles. The topological polar surface area (TPSA) is 49.9 Å². The van der Waals surface area contributed by atoms with Crippen molar-refractivity contribution in [3.8, 4) is 5.75 Å². The molecule has 1 aromatic carbocycles. The van der Waals surface area contributed by atoms with E-state index in [0.29, 0.717) is 25.3 Å². The second-order valence-corrected chi connectivity index (χ2v) is 7.11. The molecule has 1 fully saturated rings. The Hall–Kier alpha value is -2.60. The molecule has 3 rings (SSSR count). The molecule has 2 heterocycles. The van der Waals surface area contributed by atoms with Crippen LogP contribution in [0.2, 0.25) is 0 Å². The molecule has 0 spiro atoms. The summed E-state index contributed by atoms with van der Waals surface area (Å²) in [7, 11) is 0. The number of carbonyl (C=O) groups excluding carboxylic acids is 2. The average molecular weight is 370 g/mol. The molecule has 0 radical (unpaired) electrons. The summed E-state index contributed by atoms with van der Waals surface area (Å²) in [5.74, 6) is 0.683. The first-order chi connectivity index (χ1) is 12.7. The monoisotopic (exact) mass is 370 g/mol. The van der Waals surface area contributed by atoms with E-state index in [-0.39, 0.29) is 18.4 Å². The standard InChI is InChI=1S/C20H22N2O3S/c1-2-11-21(14-18-5-4-13-26-18)20(24)15-25-17-9-7-16(8-10-17)22-12-3-6-19(22)23/h2,4-5,7-10,13H,1,3,6,11-12,14-15H2. The minimum Gasteiger partial charge on any atom is -0.484 e. The Morgan fingerprint density at radius 2 is 2.12 bits per heavy atom. The van der Waals surface area contributed by atoms with Crippen LogP contribution in [0.4, 0.5) is 5.69 Å². The van der Waals surface area contributed by atoms with Gasteiger partial charge in [0.15, 0.2) is 6.61 Å². The number of hydrogen-bond acceptors (Lipinski definition) is 4. The maximum Gasteiger partial charge on any atom is 0.261 e. The fourth-order valence-electron chi connectivity index (χ4n) is 2.88. The van der Waals surface area contributed by atoms with Crippen molar-refractivity contribution in [3.05, 3.63) is 59.3 Å². The van der Waals surface area contributed by atoms with Crippen LogP contribution in [0.1, 0.15) is 17.7 Å². The second kappa shape index (κ2) is 8.67. The maximum absolute atomic E-state index is 12.5. The molecule has 0 bridgehead atoms. The van der Waals surface area contributed by atoms with Gasteiger partial charge in [-0.2, -0.15) is 0 Å². The van der Waals surface area contributed by atoms with Crippen molar-refractivity contribution in [2.45, 2.75) is 19.4 Å². The SMILES string of the molecule is C=CCN(Cc1cccs1)C(=O)COc1ccc(N2CCCC2=O)cc1. The van der Waals surface area contributed by atoms with Crippen LogP contribution in [0, 0.1) is 0 Å². The van der Waals surface area contributed by atoms with Crippen molar-refractivity contribution in [2.24, 2.45) is 0 Å². The molecule has 2 amide bonds. The van der Waals surface area contributed by atoms with Crippen molar-refractivity contribution < 1.29 is 14.3 Å². The summed E-state index contributed by atoms with van der Waals surface area (Å²) in [6.45, 7) is 5.49. The Kier molecular flexibility index (Phi) is 6.07. The van der Waals surface area contributed by atoms with Gasteiger partial charge in [-0.1, -0.05) is 12.1 Å². The second-order valence-electron chi connectivity index (χ2n) is 6.07. The van der Waals surface area contributed by atoms with Crippen molar-refractivity contribution >= 4 is 28.8 Å². The number of anilines is 1. The first-order valence-corrected chi connectivity index (χ1v) is 9.49. The van der Waals surface area contributed by atoms with Gasteiger partial charge in [0, 0.05) is 30.1 Å². The van der Waals surface area contributed by atoms with E-state index in [0.717, 1.165) is 23.5 Å². The average Bonchev–Trinajstić information content (AvgIpc) is 3.31. The molecule has 1 saturated heterocycles. The van der Waals surface area contributed by atoms with E-state index >= 15 is 0 Å². The summed E-state index contributed by atoms with van der Waals surface area (Å²) in [6, 6.07) is 11.3. The Morgan fingerprint density at radius 1 is 1.31 bits per heavy atom. The summed E-state index contributed by atoms with van der Waals surface area (Å²) in [6.07, 6.45) is 3.22. The van der Waals surface area contributed by atoms with Crippen LogP contribution in [0.3, 0.4) is 0 Å². The summed E-state index contributed by atoms with van der Waals surface area (Å²) in [5, 5.41) is 2.00. The maximum atomic E-state index is 12.5. The lowest BCUT2D eigenvalue weighted by molar-refractivity contribution is -0.133. The Bertz CT molecular complexity index is 756. The highest BCUT2D eigenvalue weighted by molar-refractivity contribution is 7.09. The van der Waals surface area contributed by atoms with E-state index in [1.54, 1.807) is 39.3 Å². The van der Waals surface area contributed by atoms with Gasteiger partial charge in [-0.05, 0) is 42.1 Å². The van der Waals surface area contributed by atoms with Crippen LogP contribution < -0.4 is 9.64 Å². The Balaban J connectivity index is 1.55. The van der Waals surface area contributed by atoms with Crippen molar-refractivity contribution in [3.63, 3.8) is 0 Å². The molecule has 5 nitrogen and oxygen atoms in total. The summed E-state index contributed by atoms with van der Waals surface area (Å²) in [4.78, 5) is 28.9. The number of nitrogens with zero attached hydrogens (tertiary/aromatic N) is 2. The minimum atomic E-state index is -0.0860. The van der Waals surface area contributed by atoms with Gasteiger partial charge in [0.25, 0.3) is 5.91 Å². The van der Waals surface area contributed by atoms with Gasteiger partial charge in [0.1, 0.15) is 5.75 Å². The third kappa shape index (κ3) is 4.52. The molecule has 0 saturated carbocycles. The van der Waals surface area contributed by atoms with Crippen LogP contribution in [-0.2, 0) is 16.1 Å². The number of carbonyl (C=O) groups is 2. The summed E-state index contributed by atoms with van der Waals surface area (Å²) >= 11 is 1.62. The Morgan fingerprint density at radius 3 is 2.73 bits per heavy atom. The highest BCUT2D eigenvalue weighted by Gasteiger charge is 2.21. The number of ether oxygens (including phenoxy) is 1. The Labute approximate surface area is 157 Å². The molecular weight excluding hydrogens is 348 g/mol. The lowest BCUT2D eigenvalue weighted by Gasteiger charge is -2.21. The highest BCUT2D eigenvalue weighted by Crippen LogP contribution is 2.24. The van der Waals surface area contributed by atoms with Crippen molar-refractivity contribution in [2.75, 3.05) is 24.6 Å². The third-order valence-corrected chi connectivity index (χ3v) is 5.07. The summed E-state index contributed by atoms with van der Waals surface area (Å²) < 4.78 is 5.63. The molecule has 0 unspecified atom stereocenters. The lowest BCUT2D eigenvalue weighted by atomic mass is 10.3. The van der Waals surface area contributed by atoms with E-state index in [1.165, 1.54) is 0 Å². The summed E-state index contributed by atoms with van der Waals surface area (Å²) in [5.41, 5.74) is 0.872. The zero-order valence-corrected chi connectivity index (χ0v) is 15.4. The third-order valence-electron chi connectivity index (χ3n) is 4.21. The van der Waals surface area contributed by atoms with Gasteiger partial charge in [0.05, 0.1) is 6.54 Å². The normalized spacial score (nSPS) is 13.7. The quantitative estimate of drug-likeness (QED) is 0.669. The smallest absolute Gasteiger partial charge is 0.261 e. The van der Waals surface area contributed by atoms with Gasteiger partial charge in [-0.3, -0.25) is 9.59 Å². The number of amides is 2. The predicted molar refractivity (Wildman–Crippen MR) is 103 cm³/mol. The molecule has 0 aliphatic carbocycles. The van der Waals surface area contributed by atoms with Crippen LogP contribution in [0.5, 0.6) is 5.75 Å². The van der Waals surface area contributed by atoms with E-state index in [1.807, 2.05) is 29.6 Å². The molecule has 6 heteroatoms. The van der Waals surface area contributed by atoms with E-state index in [9.17, 15) is 9.59 Å². The largest absolute Gasteiger partial charge is 0.484 e. The van der Waals surface area contributed by atoms with Crippen LogP contribution in [0.25, 0.3) is 0 Å². The zero-order chi connectivity index (χ0) is 18.4. The molecule has 0 atom stereocenters. The number of hydrogen-bond donors (Lipinski definition) is 0. The van der Waals surface area contributed by atoms with Gasteiger partial charge < -0.3 is 14.5 Å². The van der Waals surface area contributed by atoms with Crippen LogP contribution in [-0.4, -0.2) is 36.4 Å². The van der Waals surface area contributed by atoms with Crippen LogP contribution in [0.15, 0.2) is 54.4 Å². The minimum absolute atomic E-state index is 0.0266. The fourth-order valence-corrected chi connectivity index (χ4v) is 3.60.